The number of alkyl halides is 3. The molecule has 8 heteroatoms. The molecule has 0 aliphatic carbocycles. The highest BCUT2D eigenvalue weighted by atomic mass is 19.4. The third-order valence-corrected chi connectivity index (χ3v) is 10.7. The standard InChI is InChI=1S/C36H39F3N4O/c1-25-40-32-12-5-6-13-33(32)43(25)31-23-29-14-15-30(24-31)42(29)21-18-35(27-9-3-2-4-10-27)16-19-41(20-17-35)34(44)26-8-7-11-28(22-26)36(37,38)39/h2-13,22,29-31H,14-21,23-24H2,1H3/t29-,30+,31?. The van der Waals surface area contributed by atoms with E-state index in [2.05, 4.69) is 64.9 Å². The Balaban J connectivity index is 1.06. The summed E-state index contributed by atoms with van der Waals surface area (Å²) in [5, 5.41) is 0. The molecular weight excluding hydrogens is 561 g/mol. The average Bonchev–Trinajstić information content (AvgIpc) is 3.50. The fourth-order valence-corrected chi connectivity index (χ4v) is 8.41. The van der Waals surface area contributed by atoms with Crippen molar-refractivity contribution in [2.24, 2.45) is 0 Å². The molecule has 5 nitrogen and oxygen atoms in total. The Morgan fingerprint density at radius 2 is 1.57 bits per heavy atom. The smallest absolute Gasteiger partial charge is 0.339 e. The van der Waals surface area contributed by atoms with Gasteiger partial charge in [0, 0.05) is 36.8 Å². The number of carbonyl (C=O) groups excluding carboxylic acids is 1. The summed E-state index contributed by atoms with van der Waals surface area (Å²) in [6.45, 7) is 4.21. The van der Waals surface area contributed by atoms with Gasteiger partial charge in [0.05, 0.1) is 16.6 Å². The Morgan fingerprint density at radius 3 is 2.27 bits per heavy atom. The maximum Gasteiger partial charge on any atom is 0.416 e. The minimum absolute atomic E-state index is 0.0702. The number of aromatic nitrogens is 2. The van der Waals surface area contributed by atoms with Crippen LogP contribution in [0.2, 0.25) is 0 Å². The van der Waals surface area contributed by atoms with E-state index in [1.54, 1.807) is 4.90 Å². The number of amides is 1. The Kier molecular flexibility index (Phi) is 7.51. The largest absolute Gasteiger partial charge is 0.416 e. The van der Waals surface area contributed by atoms with Crippen LogP contribution in [0.15, 0.2) is 78.9 Å². The quantitative estimate of drug-likeness (QED) is 0.227. The molecule has 3 fully saturated rings. The van der Waals surface area contributed by atoms with Gasteiger partial charge in [0.25, 0.3) is 5.91 Å². The maximum absolute atomic E-state index is 13.3. The van der Waals surface area contributed by atoms with Crippen LogP contribution in [0.1, 0.15) is 78.3 Å². The first-order chi connectivity index (χ1) is 21.2. The van der Waals surface area contributed by atoms with E-state index in [4.69, 9.17) is 4.98 Å². The van der Waals surface area contributed by atoms with Gasteiger partial charge in [0.15, 0.2) is 0 Å². The van der Waals surface area contributed by atoms with Crippen LogP contribution in [0, 0.1) is 6.92 Å². The zero-order valence-corrected chi connectivity index (χ0v) is 25.1. The van der Waals surface area contributed by atoms with E-state index in [9.17, 15) is 18.0 Å². The van der Waals surface area contributed by atoms with Gasteiger partial charge in [-0.1, -0.05) is 48.5 Å². The Bertz CT molecular complexity index is 1630. The molecule has 0 radical (unpaired) electrons. The molecular formula is C36H39F3N4O. The molecule has 1 unspecified atom stereocenters. The van der Waals surface area contributed by atoms with Gasteiger partial charge in [0.2, 0.25) is 0 Å². The zero-order valence-electron chi connectivity index (χ0n) is 25.1. The summed E-state index contributed by atoms with van der Waals surface area (Å²) in [6.07, 6.45) is 2.86. The third kappa shape index (κ3) is 5.31. The van der Waals surface area contributed by atoms with Crippen molar-refractivity contribution in [2.45, 2.75) is 81.6 Å². The second kappa shape index (κ2) is 11.4. The Labute approximate surface area is 256 Å². The van der Waals surface area contributed by atoms with E-state index < -0.39 is 11.7 Å². The predicted octanol–water partition coefficient (Wildman–Crippen LogP) is 7.80. The summed E-state index contributed by atoms with van der Waals surface area (Å²) in [7, 11) is 0. The topological polar surface area (TPSA) is 41.4 Å². The summed E-state index contributed by atoms with van der Waals surface area (Å²) in [6, 6.07) is 25.4. The fraction of sp³-hybridized carbons (Fsp3) is 0.444. The van der Waals surface area contributed by atoms with E-state index in [1.165, 1.54) is 36.1 Å². The van der Waals surface area contributed by atoms with E-state index in [0.717, 1.165) is 62.1 Å². The zero-order chi connectivity index (χ0) is 30.5. The van der Waals surface area contributed by atoms with Gasteiger partial charge < -0.3 is 9.47 Å². The monoisotopic (exact) mass is 600 g/mol. The summed E-state index contributed by atoms with van der Waals surface area (Å²) in [4.78, 5) is 22.6. The molecule has 3 aliphatic rings. The predicted molar refractivity (Wildman–Crippen MR) is 166 cm³/mol. The summed E-state index contributed by atoms with van der Waals surface area (Å²) >= 11 is 0. The lowest BCUT2D eigenvalue weighted by Crippen LogP contribution is -2.49. The number of fused-ring (bicyclic) bond motifs is 3. The van der Waals surface area contributed by atoms with Crippen molar-refractivity contribution in [1.29, 1.82) is 0 Å². The minimum atomic E-state index is -4.47. The number of hydrogen-bond acceptors (Lipinski definition) is 3. The van der Waals surface area contributed by atoms with Crippen LogP contribution < -0.4 is 0 Å². The molecule has 4 heterocycles. The molecule has 7 rings (SSSR count). The molecule has 4 aromatic rings. The van der Waals surface area contributed by atoms with Crippen molar-refractivity contribution in [1.82, 2.24) is 19.4 Å². The van der Waals surface area contributed by atoms with Crippen molar-refractivity contribution in [3.63, 3.8) is 0 Å². The fourth-order valence-electron chi connectivity index (χ4n) is 8.41. The number of aryl methyl sites for hydroxylation is 1. The number of piperidine rings is 2. The number of halogens is 3. The van der Waals surface area contributed by atoms with Crippen LogP contribution in [0.5, 0.6) is 0 Å². The number of rotatable bonds is 6. The molecule has 3 aromatic carbocycles. The van der Waals surface area contributed by atoms with Crippen LogP contribution in [0.4, 0.5) is 13.2 Å². The lowest BCUT2D eigenvalue weighted by molar-refractivity contribution is -0.137. The van der Waals surface area contributed by atoms with E-state index in [1.807, 2.05) is 6.07 Å². The van der Waals surface area contributed by atoms with E-state index in [-0.39, 0.29) is 16.9 Å². The van der Waals surface area contributed by atoms with Gasteiger partial charge in [-0.05, 0) is 99.7 Å². The molecule has 3 aliphatic heterocycles. The third-order valence-electron chi connectivity index (χ3n) is 10.7. The first-order valence-electron chi connectivity index (χ1n) is 15.9. The van der Waals surface area contributed by atoms with Crippen molar-refractivity contribution >= 4 is 16.9 Å². The maximum atomic E-state index is 13.3. The molecule has 1 amide bonds. The molecule has 0 saturated carbocycles. The van der Waals surface area contributed by atoms with Crippen LogP contribution in [-0.4, -0.2) is 57.0 Å². The number of likely N-dealkylation sites (tertiary alicyclic amines) is 1. The summed E-state index contributed by atoms with van der Waals surface area (Å²) in [5.41, 5.74) is 2.86. The van der Waals surface area contributed by atoms with Crippen molar-refractivity contribution in [2.75, 3.05) is 19.6 Å². The van der Waals surface area contributed by atoms with E-state index >= 15 is 0 Å². The molecule has 230 valence electrons. The normalized spacial score (nSPS) is 23.7. The molecule has 3 atom stereocenters. The van der Waals surface area contributed by atoms with Crippen LogP contribution in [-0.2, 0) is 11.6 Å². The molecule has 1 aromatic heterocycles. The molecule has 3 saturated heterocycles. The average molecular weight is 601 g/mol. The number of nitrogens with zero attached hydrogens (tertiary/aromatic N) is 4. The van der Waals surface area contributed by atoms with Gasteiger partial charge in [-0.15, -0.1) is 0 Å². The number of imidazole rings is 1. The van der Waals surface area contributed by atoms with Gasteiger partial charge in [-0.25, -0.2) is 4.98 Å². The second-order valence-electron chi connectivity index (χ2n) is 13.0. The molecule has 44 heavy (non-hydrogen) atoms. The van der Waals surface area contributed by atoms with Gasteiger partial charge >= 0.3 is 6.18 Å². The van der Waals surface area contributed by atoms with Crippen molar-refractivity contribution in [3.8, 4) is 0 Å². The number of hydrogen-bond donors (Lipinski definition) is 0. The van der Waals surface area contributed by atoms with Crippen molar-refractivity contribution in [3.05, 3.63) is 101 Å². The second-order valence-corrected chi connectivity index (χ2v) is 13.0. The van der Waals surface area contributed by atoms with Gasteiger partial charge in [-0.3, -0.25) is 9.69 Å². The first-order valence-corrected chi connectivity index (χ1v) is 15.9. The Hall–Kier alpha value is -3.65. The highest BCUT2D eigenvalue weighted by Gasteiger charge is 2.44. The van der Waals surface area contributed by atoms with Gasteiger partial charge in [-0.2, -0.15) is 13.2 Å². The van der Waals surface area contributed by atoms with Crippen LogP contribution in [0.3, 0.4) is 0 Å². The van der Waals surface area contributed by atoms with E-state index in [0.29, 0.717) is 31.2 Å². The van der Waals surface area contributed by atoms with Crippen molar-refractivity contribution < 1.29 is 18.0 Å². The first kappa shape index (κ1) is 29.1. The summed E-state index contributed by atoms with van der Waals surface area (Å²) in [5.74, 6) is 0.777. The molecule has 0 N–H and O–H groups in total. The lowest BCUT2D eigenvalue weighted by atomic mass is 9.70. The number of benzene rings is 3. The minimum Gasteiger partial charge on any atom is -0.339 e. The number of carbonyl (C=O) groups is 1. The number of para-hydroxylation sites is 2. The molecule has 2 bridgehead atoms. The highest BCUT2D eigenvalue weighted by Crippen LogP contribution is 2.45. The summed E-state index contributed by atoms with van der Waals surface area (Å²) < 4.78 is 42.4. The van der Waals surface area contributed by atoms with Crippen LogP contribution in [0.25, 0.3) is 11.0 Å². The SMILES string of the molecule is Cc1nc2ccccc2n1C1C[C@H]2CC[C@@H](C1)N2CCC1(c2ccccc2)CCN(C(=O)c2cccc(C(F)(F)F)c2)CC1. The molecule has 0 spiro atoms. The van der Waals surface area contributed by atoms with Crippen LogP contribution >= 0.6 is 0 Å². The Morgan fingerprint density at radius 1 is 0.886 bits per heavy atom. The van der Waals surface area contributed by atoms with Gasteiger partial charge in [0.1, 0.15) is 5.82 Å². The lowest BCUT2D eigenvalue weighted by Gasteiger charge is -2.45. The highest BCUT2D eigenvalue weighted by molar-refractivity contribution is 5.94.